The van der Waals surface area contributed by atoms with E-state index in [1.54, 1.807) is 0 Å². The summed E-state index contributed by atoms with van der Waals surface area (Å²) in [6.45, 7) is 6.62. The lowest BCUT2D eigenvalue weighted by atomic mass is 10.1. The van der Waals surface area contributed by atoms with E-state index in [1.165, 1.54) is 0 Å². The molecule has 2 aromatic heterocycles. The maximum absolute atomic E-state index is 12.6. The van der Waals surface area contributed by atoms with Crippen molar-refractivity contribution in [2.75, 3.05) is 43.4 Å². The Morgan fingerprint density at radius 2 is 1.91 bits per heavy atom. The van der Waals surface area contributed by atoms with Gasteiger partial charge in [-0.1, -0.05) is 12.1 Å². The Morgan fingerprint density at radius 1 is 1.12 bits per heavy atom. The normalized spacial score (nSPS) is 14.8. The number of piperazine rings is 1. The summed E-state index contributed by atoms with van der Waals surface area (Å²) in [5.41, 5.74) is 4.50. The zero-order valence-electron chi connectivity index (χ0n) is 18.9. The minimum atomic E-state index is -0.0683. The Morgan fingerprint density at radius 3 is 2.73 bits per heavy atom. The van der Waals surface area contributed by atoms with Gasteiger partial charge in [-0.05, 0) is 68.2 Å². The lowest BCUT2D eigenvalue weighted by molar-refractivity contribution is -0.116. The van der Waals surface area contributed by atoms with Gasteiger partial charge < -0.3 is 19.5 Å². The first-order valence-corrected chi connectivity index (χ1v) is 11.6. The van der Waals surface area contributed by atoms with Gasteiger partial charge in [0.25, 0.3) is 4.84 Å². The van der Waals surface area contributed by atoms with Gasteiger partial charge in [0, 0.05) is 50.2 Å². The van der Waals surface area contributed by atoms with Crippen molar-refractivity contribution in [2.45, 2.75) is 19.9 Å². The predicted molar refractivity (Wildman–Crippen MR) is 134 cm³/mol. The van der Waals surface area contributed by atoms with Gasteiger partial charge in [-0.3, -0.25) is 9.36 Å². The van der Waals surface area contributed by atoms with Gasteiger partial charge in [-0.2, -0.15) is 0 Å². The number of oxazole rings is 1. The number of benzene rings is 2. The molecule has 5 rings (SSSR count). The Balaban J connectivity index is 1.29. The molecule has 1 fully saturated rings. The molecule has 0 aliphatic carbocycles. The van der Waals surface area contributed by atoms with Crippen molar-refractivity contribution in [1.29, 1.82) is 0 Å². The standard InChI is InChI=1S/C25H27N5O2S/c1-17-15-23(29-13-11-28(2)12-14-29)27-20-8-7-18(16-19(17)20)26-24(31)9-10-30-21-5-3-4-6-22(21)32-25(30)33/h3-8,15-16H,9-14H2,1-2H3,(H,26,31). The van der Waals surface area contributed by atoms with Crippen LogP contribution in [0.15, 0.2) is 52.9 Å². The number of aryl methyl sites for hydroxylation is 2. The number of nitrogens with one attached hydrogen (secondary N) is 1. The highest BCUT2D eigenvalue weighted by molar-refractivity contribution is 7.71. The number of anilines is 2. The lowest BCUT2D eigenvalue weighted by Gasteiger charge is -2.33. The molecular formula is C25H27N5O2S. The van der Waals surface area contributed by atoms with Gasteiger partial charge >= 0.3 is 0 Å². The molecule has 0 saturated carbocycles. The molecular weight excluding hydrogens is 434 g/mol. The zero-order valence-corrected chi connectivity index (χ0v) is 19.7. The van der Waals surface area contributed by atoms with Crippen LogP contribution in [0.1, 0.15) is 12.0 Å². The van der Waals surface area contributed by atoms with E-state index in [1.807, 2.05) is 47.0 Å². The third-order valence-corrected chi connectivity index (χ3v) is 6.55. The first-order chi connectivity index (χ1) is 16.0. The number of carbonyl (C=O) groups is 1. The summed E-state index contributed by atoms with van der Waals surface area (Å²) in [7, 11) is 2.15. The highest BCUT2D eigenvalue weighted by atomic mass is 32.1. The van der Waals surface area contributed by atoms with Crippen molar-refractivity contribution < 1.29 is 9.21 Å². The van der Waals surface area contributed by atoms with E-state index in [-0.39, 0.29) is 5.91 Å². The topological polar surface area (TPSA) is 66.5 Å². The average Bonchev–Trinajstić information content (AvgIpc) is 3.13. The van der Waals surface area contributed by atoms with Gasteiger partial charge in [0.05, 0.1) is 11.0 Å². The molecule has 3 heterocycles. The van der Waals surface area contributed by atoms with Crippen LogP contribution in [0.4, 0.5) is 11.5 Å². The zero-order chi connectivity index (χ0) is 22.9. The molecule has 0 radical (unpaired) electrons. The molecule has 2 aromatic carbocycles. The molecule has 0 bridgehead atoms. The number of pyridine rings is 1. The van der Waals surface area contributed by atoms with E-state index in [0.29, 0.717) is 17.8 Å². The quantitative estimate of drug-likeness (QED) is 0.438. The second-order valence-corrected chi connectivity index (χ2v) is 8.95. The van der Waals surface area contributed by atoms with E-state index in [9.17, 15) is 4.79 Å². The fraction of sp³-hybridized carbons (Fsp3) is 0.320. The van der Waals surface area contributed by atoms with E-state index in [2.05, 4.69) is 35.2 Å². The van der Waals surface area contributed by atoms with Crippen LogP contribution in [0.5, 0.6) is 0 Å². The number of hydrogen-bond acceptors (Lipinski definition) is 6. The first kappa shape index (κ1) is 21.6. The number of amides is 1. The second-order valence-electron chi connectivity index (χ2n) is 8.61. The van der Waals surface area contributed by atoms with Crippen LogP contribution >= 0.6 is 12.2 Å². The molecule has 0 unspecified atom stereocenters. The van der Waals surface area contributed by atoms with Crippen molar-refractivity contribution >= 4 is 51.6 Å². The fourth-order valence-electron chi connectivity index (χ4n) is 4.31. The van der Waals surface area contributed by atoms with Crippen molar-refractivity contribution in [3.05, 3.63) is 58.9 Å². The van der Waals surface area contributed by atoms with Crippen molar-refractivity contribution in [3.8, 4) is 0 Å². The van der Waals surface area contributed by atoms with Gasteiger partial charge in [-0.25, -0.2) is 4.98 Å². The number of carbonyl (C=O) groups excluding carboxylic acids is 1. The summed E-state index contributed by atoms with van der Waals surface area (Å²) in [5.74, 6) is 0.954. The maximum atomic E-state index is 12.6. The Kier molecular flexibility index (Phi) is 5.86. The van der Waals surface area contributed by atoms with Crippen LogP contribution in [0.25, 0.3) is 22.0 Å². The third kappa shape index (κ3) is 4.49. The van der Waals surface area contributed by atoms with Crippen LogP contribution in [-0.4, -0.2) is 53.6 Å². The summed E-state index contributed by atoms with van der Waals surface area (Å²) >= 11 is 5.32. The molecule has 170 valence electrons. The van der Waals surface area contributed by atoms with Gasteiger partial charge in [0.1, 0.15) is 5.82 Å². The number of nitrogens with zero attached hydrogens (tertiary/aromatic N) is 4. The van der Waals surface area contributed by atoms with E-state index < -0.39 is 0 Å². The van der Waals surface area contributed by atoms with Crippen LogP contribution in [0, 0.1) is 11.8 Å². The van der Waals surface area contributed by atoms with Crippen LogP contribution in [0.3, 0.4) is 0 Å². The molecule has 0 spiro atoms. The number of fused-ring (bicyclic) bond motifs is 2. The van der Waals surface area contributed by atoms with E-state index >= 15 is 0 Å². The SMILES string of the molecule is Cc1cc(N2CCN(C)CC2)nc2ccc(NC(=O)CCn3c(=S)oc4ccccc43)cc12. The Labute approximate surface area is 197 Å². The maximum Gasteiger partial charge on any atom is 0.269 e. The van der Waals surface area contributed by atoms with Crippen LogP contribution in [0.2, 0.25) is 0 Å². The molecule has 4 aromatic rings. The van der Waals surface area contributed by atoms with Crippen molar-refractivity contribution in [2.24, 2.45) is 0 Å². The number of hydrogen-bond donors (Lipinski definition) is 1. The molecule has 1 aliphatic heterocycles. The van der Waals surface area contributed by atoms with E-state index in [0.717, 1.165) is 65.3 Å². The van der Waals surface area contributed by atoms with Crippen molar-refractivity contribution in [1.82, 2.24) is 14.5 Å². The summed E-state index contributed by atoms with van der Waals surface area (Å²) in [4.78, 5) is 22.6. The molecule has 33 heavy (non-hydrogen) atoms. The Hall–Kier alpha value is -3.23. The average molecular weight is 462 g/mol. The minimum Gasteiger partial charge on any atom is -0.429 e. The van der Waals surface area contributed by atoms with Gasteiger partial charge in [-0.15, -0.1) is 0 Å². The van der Waals surface area contributed by atoms with Gasteiger partial charge in [0.2, 0.25) is 5.91 Å². The number of aromatic nitrogens is 2. The molecule has 1 amide bonds. The highest BCUT2D eigenvalue weighted by Crippen LogP contribution is 2.26. The highest BCUT2D eigenvalue weighted by Gasteiger charge is 2.17. The largest absolute Gasteiger partial charge is 0.429 e. The fourth-order valence-corrected chi connectivity index (χ4v) is 4.59. The first-order valence-electron chi connectivity index (χ1n) is 11.2. The monoisotopic (exact) mass is 461 g/mol. The molecule has 0 atom stereocenters. The number of para-hydroxylation sites is 2. The summed E-state index contributed by atoms with van der Waals surface area (Å²) in [6, 6.07) is 15.7. The molecule has 7 nitrogen and oxygen atoms in total. The number of rotatable bonds is 5. The summed E-state index contributed by atoms with van der Waals surface area (Å²) in [5, 5.41) is 4.06. The Bertz CT molecular complexity index is 1380. The molecule has 1 aliphatic rings. The minimum absolute atomic E-state index is 0.0683. The van der Waals surface area contributed by atoms with E-state index in [4.69, 9.17) is 21.6 Å². The molecule has 1 N–H and O–H groups in total. The number of likely N-dealkylation sites (N-methyl/N-ethyl adjacent to an activating group) is 1. The van der Waals surface area contributed by atoms with Crippen molar-refractivity contribution in [3.63, 3.8) is 0 Å². The van der Waals surface area contributed by atoms with Crippen LogP contribution < -0.4 is 10.2 Å². The smallest absolute Gasteiger partial charge is 0.269 e. The molecule has 8 heteroatoms. The second kappa shape index (κ2) is 8.96. The summed E-state index contributed by atoms with van der Waals surface area (Å²) in [6.07, 6.45) is 0.301. The lowest BCUT2D eigenvalue weighted by Crippen LogP contribution is -2.44. The predicted octanol–water partition coefficient (Wildman–Crippen LogP) is 4.60. The molecule has 1 saturated heterocycles. The third-order valence-electron chi connectivity index (χ3n) is 6.25. The summed E-state index contributed by atoms with van der Waals surface area (Å²) < 4.78 is 7.46. The van der Waals surface area contributed by atoms with Gasteiger partial charge in [0.15, 0.2) is 5.58 Å². The van der Waals surface area contributed by atoms with Crippen LogP contribution in [-0.2, 0) is 11.3 Å².